The first-order valence-electron chi connectivity index (χ1n) is 7.89. The van der Waals surface area contributed by atoms with Crippen molar-refractivity contribution < 1.29 is 17.7 Å². The third-order valence-electron chi connectivity index (χ3n) is 3.42. The molecule has 0 bridgehead atoms. The fourth-order valence-corrected chi connectivity index (χ4v) is 3.42. The summed E-state index contributed by atoms with van der Waals surface area (Å²) in [4.78, 5) is -0.178. The van der Waals surface area contributed by atoms with Gasteiger partial charge in [0, 0.05) is 18.0 Å². The number of nitrogens with one attached hydrogen (secondary N) is 1. The van der Waals surface area contributed by atoms with Crippen LogP contribution in [0, 0.1) is 6.92 Å². The van der Waals surface area contributed by atoms with Gasteiger partial charge in [0.25, 0.3) is 5.04 Å². The molecule has 0 aliphatic carbocycles. The molecule has 0 aromatic heterocycles. The van der Waals surface area contributed by atoms with Crippen LogP contribution in [0.4, 0.5) is 5.69 Å². The van der Waals surface area contributed by atoms with Crippen LogP contribution >= 0.6 is 11.8 Å². The highest BCUT2D eigenvalue weighted by Crippen LogP contribution is 2.11. The molecular weight excluding hydrogens is 370 g/mol. The van der Waals surface area contributed by atoms with E-state index in [2.05, 4.69) is 5.32 Å². The van der Waals surface area contributed by atoms with Crippen LogP contribution in [-0.4, -0.2) is 35.0 Å². The van der Waals surface area contributed by atoms with Crippen LogP contribution in [-0.2, 0) is 10.1 Å². The Bertz CT molecular complexity index is 878. The molecule has 6 nitrogen and oxygen atoms in total. The molecule has 3 N–H and O–H groups in total. The van der Waals surface area contributed by atoms with Crippen molar-refractivity contribution >= 4 is 32.6 Å². The minimum atomic E-state index is -4.27. The number of hydrogen-bond donors (Lipinski definition) is 2. The molecule has 1 aliphatic heterocycles. The van der Waals surface area contributed by atoms with Gasteiger partial charge >= 0.3 is 0 Å². The van der Waals surface area contributed by atoms with E-state index in [1.165, 1.54) is 12.1 Å². The number of nitrogens with two attached hydrogens (primary N) is 1. The van der Waals surface area contributed by atoms with Crippen molar-refractivity contribution in [2.45, 2.75) is 11.8 Å². The first-order valence-corrected chi connectivity index (χ1v) is 10.3. The fraction of sp³-hybridized carbons (Fsp3) is 0.167. The van der Waals surface area contributed by atoms with Gasteiger partial charge in [0.2, 0.25) is 0 Å². The van der Waals surface area contributed by atoms with Crippen LogP contribution in [0.2, 0.25) is 0 Å². The van der Waals surface area contributed by atoms with Gasteiger partial charge in [0.05, 0.1) is 10.6 Å². The minimum Gasteiger partial charge on any atom is -0.744 e. The number of thioether (sulfide) groups is 1. The number of hydrogen-bond acceptors (Lipinski definition) is 6. The molecule has 0 saturated heterocycles. The summed E-state index contributed by atoms with van der Waals surface area (Å²) in [5, 5.41) is 4.30. The molecular formula is C18H21N3O3S2. The van der Waals surface area contributed by atoms with E-state index >= 15 is 0 Å². The molecule has 2 aromatic rings. The lowest BCUT2D eigenvalue weighted by atomic mass is 10.2. The molecule has 0 unspecified atom stereocenters. The fourth-order valence-electron chi connectivity index (χ4n) is 2.03. The van der Waals surface area contributed by atoms with Gasteiger partial charge in [0.1, 0.15) is 10.1 Å². The zero-order chi connectivity index (χ0) is 19.0. The number of rotatable bonds is 4. The number of nitrogens with zero attached hydrogens (tertiary/aromatic N) is 1. The second kappa shape index (κ2) is 9.42. The maximum Gasteiger partial charge on any atom is 0.264 e. The van der Waals surface area contributed by atoms with Crippen LogP contribution in [0.1, 0.15) is 5.56 Å². The summed E-state index contributed by atoms with van der Waals surface area (Å²) in [6.07, 6.45) is 3.92. The number of anilines is 1. The third kappa shape index (κ3) is 6.55. The molecule has 0 radical (unpaired) electrons. The normalized spacial score (nSPS) is 14.2. The average molecular weight is 392 g/mol. The molecule has 0 amide bonds. The van der Waals surface area contributed by atoms with Crippen molar-refractivity contribution in [1.29, 1.82) is 0 Å². The zero-order valence-corrected chi connectivity index (χ0v) is 16.0. The summed E-state index contributed by atoms with van der Waals surface area (Å²) in [6.45, 7) is 2.75. The first-order chi connectivity index (χ1) is 12.4. The monoisotopic (exact) mass is 391 g/mol. The Hall–Kier alpha value is -2.29. The highest BCUT2D eigenvalue weighted by atomic mass is 32.2. The largest absolute Gasteiger partial charge is 0.744 e. The Balaban J connectivity index is 0.000000197. The molecule has 0 saturated carbocycles. The van der Waals surface area contributed by atoms with E-state index in [1.807, 2.05) is 49.5 Å². The van der Waals surface area contributed by atoms with Crippen LogP contribution in [0.25, 0.3) is 0 Å². The summed E-state index contributed by atoms with van der Waals surface area (Å²) in [6, 6.07) is 15.8. The van der Waals surface area contributed by atoms with E-state index < -0.39 is 10.1 Å². The summed E-state index contributed by atoms with van der Waals surface area (Å²) in [7, 11) is -4.27. The van der Waals surface area contributed by atoms with E-state index in [9.17, 15) is 13.0 Å². The van der Waals surface area contributed by atoms with Crippen molar-refractivity contribution in [2.24, 2.45) is 5.84 Å². The van der Waals surface area contributed by atoms with Crippen LogP contribution in [0.5, 0.6) is 0 Å². The van der Waals surface area contributed by atoms with Gasteiger partial charge in [-0.15, -0.1) is 4.68 Å². The SMILES string of the molecule is Cc1ccc(S(=O)(=O)[O-])cc1.N[N+]1=C(/C=C/Nc2ccccc2)SCC1. The molecule has 0 fully saturated rings. The first kappa shape index (κ1) is 20.0. The van der Waals surface area contributed by atoms with Gasteiger partial charge in [-0.05, 0) is 43.0 Å². The van der Waals surface area contributed by atoms with Gasteiger partial charge < -0.3 is 9.87 Å². The summed E-state index contributed by atoms with van der Waals surface area (Å²) in [5.74, 6) is 6.83. The second-order valence-corrected chi connectivity index (χ2v) is 7.99. The number of hydrazone groups is 1. The lowest BCUT2D eigenvalue weighted by Gasteiger charge is -2.05. The quantitative estimate of drug-likeness (QED) is 0.472. The highest BCUT2D eigenvalue weighted by Gasteiger charge is 2.17. The van der Waals surface area contributed by atoms with E-state index in [1.54, 1.807) is 28.6 Å². The maximum atomic E-state index is 10.4. The Labute approximate surface area is 158 Å². The molecule has 0 atom stereocenters. The highest BCUT2D eigenvalue weighted by molar-refractivity contribution is 8.14. The summed E-state index contributed by atoms with van der Waals surface area (Å²) < 4.78 is 32.9. The second-order valence-electron chi connectivity index (χ2n) is 5.49. The lowest BCUT2D eigenvalue weighted by molar-refractivity contribution is -0.528. The topological polar surface area (TPSA) is 98.3 Å². The van der Waals surface area contributed by atoms with E-state index in [0.29, 0.717) is 0 Å². The average Bonchev–Trinajstić information content (AvgIpc) is 3.01. The van der Waals surface area contributed by atoms with Crippen LogP contribution < -0.4 is 11.2 Å². The molecule has 3 rings (SSSR count). The van der Waals surface area contributed by atoms with Gasteiger partial charge in [0.15, 0.2) is 6.54 Å². The van der Waals surface area contributed by atoms with Crippen molar-refractivity contribution in [3.05, 3.63) is 72.4 Å². The van der Waals surface area contributed by atoms with Gasteiger partial charge in [-0.2, -0.15) is 0 Å². The van der Waals surface area contributed by atoms with Gasteiger partial charge in [-0.25, -0.2) is 14.3 Å². The Morgan fingerprint density at radius 1 is 1.15 bits per heavy atom. The molecule has 138 valence electrons. The Morgan fingerprint density at radius 3 is 2.35 bits per heavy atom. The smallest absolute Gasteiger partial charge is 0.264 e. The van der Waals surface area contributed by atoms with Crippen molar-refractivity contribution in [1.82, 2.24) is 0 Å². The summed E-state index contributed by atoms with van der Waals surface area (Å²) >= 11 is 1.78. The van der Waals surface area contributed by atoms with Crippen molar-refractivity contribution in [2.75, 3.05) is 17.6 Å². The molecule has 1 heterocycles. The minimum absolute atomic E-state index is 0.178. The van der Waals surface area contributed by atoms with Gasteiger partial charge in [-0.1, -0.05) is 35.9 Å². The van der Waals surface area contributed by atoms with E-state index in [-0.39, 0.29) is 4.90 Å². The Morgan fingerprint density at radius 2 is 1.81 bits per heavy atom. The van der Waals surface area contributed by atoms with Crippen molar-refractivity contribution in [3.8, 4) is 0 Å². The number of benzene rings is 2. The van der Waals surface area contributed by atoms with E-state index in [0.717, 1.165) is 28.6 Å². The molecule has 1 aliphatic rings. The van der Waals surface area contributed by atoms with Crippen molar-refractivity contribution in [3.63, 3.8) is 0 Å². The molecule has 8 heteroatoms. The Kier molecular flexibility index (Phi) is 7.26. The zero-order valence-electron chi connectivity index (χ0n) is 14.3. The molecule has 0 spiro atoms. The third-order valence-corrected chi connectivity index (χ3v) is 5.33. The van der Waals surface area contributed by atoms with E-state index in [4.69, 9.17) is 5.84 Å². The predicted octanol–water partition coefficient (Wildman–Crippen LogP) is 2.54. The molecule has 2 aromatic carbocycles. The molecule has 26 heavy (non-hydrogen) atoms. The van der Waals surface area contributed by atoms with Crippen LogP contribution in [0.3, 0.4) is 0 Å². The maximum absolute atomic E-state index is 10.4. The van der Waals surface area contributed by atoms with Crippen LogP contribution in [0.15, 0.2) is 71.8 Å². The van der Waals surface area contributed by atoms with Gasteiger partial charge in [-0.3, -0.25) is 0 Å². The number of hydrazine groups is 1. The standard InChI is InChI=1S/C11H13N3S.C7H8O3S/c12-14-8-9-15-11(14)6-7-13-10-4-2-1-3-5-10;1-6-2-4-7(5-3-6)11(8,9)10/h1-7H,8-9,12H2;2-5H,1H3,(H,8,9,10). The predicted molar refractivity (Wildman–Crippen MR) is 105 cm³/mol. The lowest BCUT2D eigenvalue weighted by Crippen LogP contribution is -2.21. The number of para-hydroxylation sites is 1. The summed E-state index contributed by atoms with van der Waals surface area (Å²) in [5.41, 5.74) is 2.01. The number of aryl methyl sites for hydroxylation is 1.